The highest BCUT2D eigenvalue weighted by Crippen LogP contribution is 2.18. The Morgan fingerprint density at radius 3 is 2.39 bits per heavy atom. The largest absolute Gasteiger partial charge is 0.491 e. The number of hydrogen-bond acceptors (Lipinski definition) is 3. The second kappa shape index (κ2) is 7.52. The average molecular weight is 341 g/mol. The first kappa shape index (κ1) is 17.4. The standard InChI is InChI=1S/C16H17F2NO3S/c1-2-22-16-8-3-12(11-15(16)18)9-10-19-23(20,21)14-6-4-13(17)5-7-14/h3-8,11,19H,2,9-10H2,1H3. The van der Waals surface area contributed by atoms with E-state index in [4.69, 9.17) is 4.74 Å². The predicted octanol–water partition coefficient (Wildman–Crippen LogP) is 2.88. The van der Waals surface area contributed by atoms with Crippen molar-refractivity contribution in [2.45, 2.75) is 18.2 Å². The lowest BCUT2D eigenvalue weighted by molar-refractivity contribution is 0.321. The van der Waals surface area contributed by atoms with E-state index in [1.807, 2.05) is 0 Å². The molecule has 0 saturated heterocycles. The lowest BCUT2D eigenvalue weighted by atomic mass is 10.1. The third-order valence-electron chi connectivity index (χ3n) is 3.13. The van der Waals surface area contributed by atoms with Crippen LogP contribution < -0.4 is 9.46 Å². The maximum Gasteiger partial charge on any atom is 0.240 e. The van der Waals surface area contributed by atoms with E-state index < -0.39 is 21.7 Å². The molecule has 0 unspecified atom stereocenters. The fourth-order valence-corrected chi connectivity index (χ4v) is 3.03. The van der Waals surface area contributed by atoms with Gasteiger partial charge in [0.1, 0.15) is 5.82 Å². The van der Waals surface area contributed by atoms with Gasteiger partial charge in [-0.2, -0.15) is 0 Å². The molecule has 2 rings (SSSR count). The van der Waals surface area contributed by atoms with E-state index >= 15 is 0 Å². The van der Waals surface area contributed by atoms with Crippen LogP contribution in [0, 0.1) is 11.6 Å². The maximum absolute atomic E-state index is 13.7. The minimum atomic E-state index is -3.71. The van der Waals surface area contributed by atoms with Crippen LogP contribution in [0.3, 0.4) is 0 Å². The summed E-state index contributed by atoms with van der Waals surface area (Å²) in [5, 5.41) is 0. The Kier molecular flexibility index (Phi) is 5.68. The number of benzene rings is 2. The molecule has 0 aliphatic rings. The number of halogens is 2. The molecule has 124 valence electrons. The minimum absolute atomic E-state index is 0.0169. The van der Waals surface area contributed by atoms with Gasteiger partial charge in [0.2, 0.25) is 10.0 Å². The Morgan fingerprint density at radius 2 is 1.78 bits per heavy atom. The molecule has 0 amide bonds. The molecule has 4 nitrogen and oxygen atoms in total. The van der Waals surface area contributed by atoms with Crippen molar-refractivity contribution in [3.8, 4) is 5.75 Å². The molecular formula is C16H17F2NO3S. The molecule has 2 aromatic carbocycles. The van der Waals surface area contributed by atoms with Crippen LogP contribution in [0.2, 0.25) is 0 Å². The Bertz CT molecular complexity index is 761. The van der Waals surface area contributed by atoms with Crippen LogP contribution in [0.4, 0.5) is 8.78 Å². The minimum Gasteiger partial charge on any atom is -0.491 e. The van der Waals surface area contributed by atoms with Crippen molar-refractivity contribution in [3.63, 3.8) is 0 Å². The van der Waals surface area contributed by atoms with Crippen LogP contribution in [0.15, 0.2) is 47.4 Å². The van der Waals surface area contributed by atoms with E-state index in [0.29, 0.717) is 18.6 Å². The number of rotatable bonds is 7. The van der Waals surface area contributed by atoms with Crippen molar-refractivity contribution in [2.75, 3.05) is 13.2 Å². The number of ether oxygens (including phenoxy) is 1. The second-order valence-electron chi connectivity index (χ2n) is 4.80. The van der Waals surface area contributed by atoms with Crippen molar-refractivity contribution >= 4 is 10.0 Å². The summed E-state index contributed by atoms with van der Waals surface area (Å²) in [4.78, 5) is -0.0169. The molecule has 0 heterocycles. The highest BCUT2D eigenvalue weighted by molar-refractivity contribution is 7.89. The van der Waals surface area contributed by atoms with E-state index in [9.17, 15) is 17.2 Å². The van der Waals surface area contributed by atoms with E-state index in [0.717, 1.165) is 12.1 Å². The third-order valence-corrected chi connectivity index (χ3v) is 4.60. The van der Waals surface area contributed by atoms with E-state index in [1.54, 1.807) is 13.0 Å². The molecule has 7 heteroatoms. The molecule has 2 aromatic rings. The van der Waals surface area contributed by atoms with Crippen LogP contribution in [0.5, 0.6) is 5.75 Å². The zero-order valence-corrected chi connectivity index (χ0v) is 13.4. The summed E-state index contributed by atoms with van der Waals surface area (Å²) in [7, 11) is -3.71. The van der Waals surface area contributed by atoms with Gasteiger partial charge in [-0.15, -0.1) is 0 Å². The van der Waals surface area contributed by atoms with Crippen LogP contribution in [-0.4, -0.2) is 21.6 Å². The summed E-state index contributed by atoms with van der Waals surface area (Å²) in [5.74, 6) is -0.817. The second-order valence-corrected chi connectivity index (χ2v) is 6.57. The Labute approximate surface area is 134 Å². The van der Waals surface area contributed by atoms with Gasteiger partial charge in [0, 0.05) is 6.54 Å². The van der Waals surface area contributed by atoms with Gasteiger partial charge in [-0.05, 0) is 55.3 Å². The molecule has 0 radical (unpaired) electrons. The Hall–Kier alpha value is -1.99. The normalized spacial score (nSPS) is 11.4. The van der Waals surface area contributed by atoms with Gasteiger partial charge in [0.15, 0.2) is 11.6 Å². The number of hydrogen-bond donors (Lipinski definition) is 1. The predicted molar refractivity (Wildman–Crippen MR) is 82.9 cm³/mol. The summed E-state index contributed by atoms with van der Waals surface area (Å²) in [6.07, 6.45) is 0.323. The maximum atomic E-state index is 13.7. The third kappa shape index (κ3) is 4.74. The lowest BCUT2D eigenvalue weighted by Crippen LogP contribution is -2.26. The smallest absolute Gasteiger partial charge is 0.240 e. The van der Waals surface area contributed by atoms with Gasteiger partial charge >= 0.3 is 0 Å². The van der Waals surface area contributed by atoms with Crippen LogP contribution in [0.1, 0.15) is 12.5 Å². The van der Waals surface area contributed by atoms with E-state index in [-0.39, 0.29) is 17.2 Å². The van der Waals surface area contributed by atoms with Gasteiger partial charge in [-0.25, -0.2) is 21.9 Å². The van der Waals surface area contributed by atoms with Crippen LogP contribution in [0.25, 0.3) is 0 Å². The first-order chi connectivity index (χ1) is 10.9. The molecule has 0 bridgehead atoms. The summed E-state index contributed by atoms with van der Waals surface area (Å²) in [6, 6.07) is 9.05. The summed E-state index contributed by atoms with van der Waals surface area (Å²) < 4.78 is 58.0. The van der Waals surface area contributed by atoms with Crippen molar-refractivity contribution in [1.82, 2.24) is 4.72 Å². The van der Waals surface area contributed by atoms with E-state index in [2.05, 4.69) is 4.72 Å². The van der Waals surface area contributed by atoms with Crippen molar-refractivity contribution < 1.29 is 21.9 Å². The highest BCUT2D eigenvalue weighted by Gasteiger charge is 2.13. The van der Waals surface area contributed by atoms with Crippen molar-refractivity contribution in [2.24, 2.45) is 0 Å². The molecule has 0 fully saturated rings. The zero-order valence-electron chi connectivity index (χ0n) is 12.6. The quantitative estimate of drug-likeness (QED) is 0.842. The van der Waals surface area contributed by atoms with Gasteiger partial charge < -0.3 is 4.74 Å². The summed E-state index contributed by atoms with van der Waals surface area (Å²) in [6.45, 7) is 2.23. The highest BCUT2D eigenvalue weighted by atomic mass is 32.2. The summed E-state index contributed by atoms with van der Waals surface area (Å²) >= 11 is 0. The average Bonchev–Trinajstić information content (AvgIpc) is 2.50. The SMILES string of the molecule is CCOc1ccc(CCNS(=O)(=O)c2ccc(F)cc2)cc1F. The number of sulfonamides is 1. The number of nitrogens with one attached hydrogen (secondary N) is 1. The fourth-order valence-electron chi connectivity index (χ4n) is 2.00. The Morgan fingerprint density at radius 1 is 1.09 bits per heavy atom. The van der Waals surface area contributed by atoms with Crippen LogP contribution in [-0.2, 0) is 16.4 Å². The molecule has 23 heavy (non-hydrogen) atoms. The zero-order chi connectivity index (χ0) is 16.9. The topological polar surface area (TPSA) is 55.4 Å². The van der Waals surface area contributed by atoms with Gasteiger partial charge in [-0.1, -0.05) is 6.07 Å². The molecule has 0 saturated carbocycles. The van der Waals surface area contributed by atoms with Gasteiger partial charge in [-0.3, -0.25) is 0 Å². The lowest BCUT2D eigenvalue weighted by Gasteiger charge is -2.08. The first-order valence-electron chi connectivity index (χ1n) is 7.09. The molecule has 0 aromatic heterocycles. The van der Waals surface area contributed by atoms with Crippen molar-refractivity contribution in [1.29, 1.82) is 0 Å². The Balaban J connectivity index is 1.96. The molecule has 0 atom stereocenters. The monoisotopic (exact) mass is 341 g/mol. The fraction of sp³-hybridized carbons (Fsp3) is 0.250. The molecule has 0 aliphatic carbocycles. The summed E-state index contributed by atoms with van der Waals surface area (Å²) in [5.41, 5.74) is 0.646. The molecular weight excluding hydrogens is 324 g/mol. The van der Waals surface area contributed by atoms with Crippen LogP contribution >= 0.6 is 0 Å². The molecule has 1 N–H and O–H groups in total. The molecule has 0 aliphatic heterocycles. The van der Waals surface area contributed by atoms with Gasteiger partial charge in [0.25, 0.3) is 0 Å². The molecule has 0 spiro atoms. The first-order valence-corrected chi connectivity index (χ1v) is 8.57. The van der Waals surface area contributed by atoms with Gasteiger partial charge in [0.05, 0.1) is 11.5 Å². The van der Waals surface area contributed by atoms with Crippen molar-refractivity contribution in [3.05, 3.63) is 59.7 Å². The van der Waals surface area contributed by atoms with E-state index in [1.165, 1.54) is 24.3 Å².